The maximum Gasteiger partial charge on any atom is 0.0689 e. The van der Waals surface area contributed by atoms with Gasteiger partial charge in [0.05, 0.1) is 11.5 Å². The highest BCUT2D eigenvalue weighted by atomic mass is 14.4. The van der Waals surface area contributed by atoms with E-state index in [1.165, 1.54) is 107 Å². The second kappa shape index (κ2) is 14.7. The van der Waals surface area contributed by atoms with Crippen LogP contribution in [0.4, 0.5) is 0 Å². The quantitative estimate of drug-likeness (QED) is 0.264. The van der Waals surface area contributed by atoms with Crippen LogP contribution in [0.3, 0.4) is 0 Å². The third-order valence-corrected chi connectivity index (χ3v) is 7.46. The Kier molecular flexibility index (Phi) is 12.2. The Hall–Kier alpha value is -1.29. The topological polar surface area (TPSA) is 23.8 Å². The smallest absolute Gasteiger partial charge is 0.0689 e. The Bertz CT molecular complexity index is 586. The molecule has 2 rings (SSSR count). The highest BCUT2D eigenvalue weighted by molar-refractivity contribution is 5.26. The number of hydrogen-bond acceptors (Lipinski definition) is 1. The summed E-state index contributed by atoms with van der Waals surface area (Å²) in [5.74, 6) is 0.666. The van der Waals surface area contributed by atoms with Crippen LogP contribution in [0, 0.1) is 16.7 Å². The van der Waals surface area contributed by atoms with Crippen LogP contribution in [0.1, 0.15) is 140 Å². The molecule has 0 aliphatic heterocycles. The van der Waals surface area contributed by atoms with Gasteiger partial charge in [0, 0.05) is 0 Å². The average molecular weight is 410 g/mol. The molecule has 0 amide bonds. The fourth-order valence-corrected chi connectivity index (χ4v) is 5.23. The van der Waals surface area contributed by atoms with Crippen molar-refractivity contribution in [3.05, 3.63) is 35.4 Å². The first-order chi connectivity index (χ1) is 14.7. The van der Waals surface area contributed by atoms with E-state index in [4.69, 9.17) is 0 Å². The van der Waals surface area contributed by atoms with Gasteiger partial charge in [0.25, 0.3) is 0 Å². The first-order valence-corrected chi connectivity index (χ1v) is 13.2. The Labute approximate surface area is 187 Å². The van der Waals surface area contributed by atoms with Crippen LogP contribution in [-0.4, -0.2) is 0 Å². The summed E-state index contributed by atoms with van der Waals surface area (Å²) in [4.78, 5) is 0. The minimum Gasteiger partial charge on any atom is -0.198 e. The third-order valence-electron chi connectivity index (χ3n) is 7.46. The van der Waals surface area contributed by atoms with Crippen molar-refractivity contribution in [3.63, 3.8) is 0 Å². The van der Waals surface area contributed by atoms with Gasteiger partial charge in [-0.3, -0.25) is 0 Å². The molecule has 1 aliphatic carbocycles. The summed E-state index contributed by atoms with van der Waals surface area (Å²) in [6, 6.07) is 12.2. The van der Waals surface area contributed by atoms with Gasteiger partial charge in [-0.2, -0.15) is 5.26 Å². The summed E-state index contributed by atoms with van der Waals surface area (Å²) < 4.78 is 0. The predicted octanol–water partition coefficient (Wildman–Crippen LogP) is 9.51. The van der Waals surface area contributed by atoms with Crippen molar-refractivity contribution in [3.8, 4) is 6.07 Å². The largest absolute Gasteiger partial charge is 0.198 e. The zero-order valence-corrected chi connectivity index (χ0v) is 20.1. The summed E-state index contributed by atoms with van der Waals surface area (Å²) in [6.07, 6.45) is 23.1. The summed E-state index contributed by atoms with van der Waals surface area (Å²) in [7, 11) is 0. The summed E-state index contributed by atoms with van der Waals surface area (Å²) in [5.41, 5.74) is 2.98. The second-order valence-corrected chi connectivity index (χ2v) is 9.94. The van der Waals surface area contributed by atoms with Crippen molar-refractivity contribution in [2.45, 2.75) is 135 Å². The molecule has 1 fully saturated rings. The summed E-state index contributed by atoms with van der Waals surface area (Å²) in [5, 5.41) is 9.88. The van der Waals surface area contributed by atoms with E-state index in [0.717, 1.165) is 19.3 Å². The van der Waals surface area contributed by atoms with Crippen LogP contribution < -0.4 is 0 Å². The first kappa shape index (κ1) is 25.0. The molecular weight excluding hydrogens is 362 g/mol. The molecule has 1 nitrogen and oxygen atoms in total. The molecule has 0 bridgehead atoms. The first-order valence-electron chi connectivity index (χ1n) is 13.2. The maximum absolute atomic E-state index is 9.88. The molecule has 1 aromatic rings. The molecule has 1 heteroatoms. The molecule has 0 aromatic heterocycles. The number of hydrogen-bond donors (Lipinski definition) is 0. The fourth-order valence-electron chi connectivity index (χ4n) is 5.23. The van der Waals surface area contributed by atoms with Crippen molar-refractivity contribution in [1.29, 1.82) is 5.26 Å². The maximum atomic E-state index is 9.88. The second-order valence-electron chi connectivity index (χ2n) is 9.94. The van der Waals surface area contributed by atoms with Crippen LogP contribution in [-0.2, 0) is 6.42 Å². The number of rotatable bonds is 15. The Morgan fingerprint density at radius 3 is 1.87 bits per heavy atom. The van der Waals surface area contributed by atoms with Crippen molar-refractivity contribution in [1.82, 2.24) is 0 Å². The number of nitrogens with zero attached hydrogens (tertiary/aromatic N) is 1. The lowest BCUT2D eigenvalue weighted by molar-refractivity contribution is 0.223. The molecule has 30 heavy (non-hydrogen) atoms. The van der Waals surface area contributed by atoms with Crippen LogP contribution in [0.5, 0.6) is 0 Å². The van der Waals surface area contributed by atoms with Crippen molar-refractivity contribution in [2.75, 3.05) is 0 Å². The van der Waals surface area contributed by atoms with E-state index in [1.807, 2.05) is 0 Å². The number of nitriles is 1. The minimum atomic E-state index is -0.0288. The van der Waals surface area contributed by atoms with Crippen molar-refractivity contribution in [2.24, 2.45) is 5.41 Å². The van der Waals surface area contributed by atoms with Crippen molar-refractivity contribution < 1.29 is 0 Å². The van der Waals surface area contributed by atoms with Crippen LogP contribution >= 0.6 is 0 Å². The predicted molar refractivity (Wildman–Crippen MR) is 131 cm³/mol. The van der Waals surface area contributed by atoms with Crippen LogP contribution in [0.25, 0.3) is 0 Å². The van der Waals surface area contributed by atoms with Gasteiger partial charge in [0.2, 0.25) is 0 Å². The highest BCUT2D eigenvalue weighted by Crippen LogP contribution is 2.45. The van der Waals surface area contributed by atoms with Gasteiger partial charge in [-0.05, 0) is 62.0 Å². The summed E-state index contributed by atoms with van der Waals surface area (Å²) in [6.45, 7) is 4.55. The lowest BCUT2D eigenvalue weighted by Gasteiger charge is -2.35. The summed E-state index contributed by atoms with van der Waals surface area (Å²) >= 11 is 0. The van der Waals surface area contributed by atoms with Gasteiger partial charge < -0.3 is 0 Å². The molecule has 0 saturated heterocycles. The zero-order valence-electron chi connectivity index (χ0n) is 20.1. The van der Waals surface area contributed by atoms with E-state index in [-0.39, 0.29) is 5.41 Å². The molecule has 168 valence electrons. The van der Waals surface area contributed by atoms with E-state index in [2.05, 4.69) is 44.2 Å². The molecule has 0 radical (unpaired) electrons. The van der Waals surface area contributed by atoms with Gasteiger partial charge in [-0.1, -0.05) is 109 Å². The molecule has 0 N–H and O–H groups in total. The van der Waals surface area contributed by atoms with E-state index in [9.17, 15) is 5.26 Å². The Balaban J connectivity index is 1.70. The van der Waals surface area contributed by atoms with Gasteiger partial charge in [0.15, 0.2) is 0 Å². The third kappa shape index (κ3) is 8.83. The van der Waals surface area contributed by atoms with Gasteiger partial charge >= 0.3 is 0 Å². The van der Waals surface area contributed by atoms with Crippen molar-refractivity contribution >= 4 is 0 Å². The standard InChI is InChI=1S/C29H47N/c1-3-5-7-9-11-13-15-26-16-18-27(19-17-26)28-20-23-29(25-30,24-21-28)22-14-12-10-8-6-4-2/h16-19,28H,3-15,20-24H2,1-2H3. The van der Waals surface area contributed by atoms with Crippen LogP contribution in [0.15, 0.2) is 24.3 Å². The normalized spacial score (nSPS) is 21.4. The molecule has 0 unspecified atom stereocenters. The number of aryl methyl sites for hydroxylation is 1. The monoisotopic (exact) mass is 409 g/mol. The molecular formula is C29H47N. The molecule has 1 aliphatic rings. The molecule has 0 heterocycles. The average Bonchev–Trinajstić information content (AvgIpc) is 2.79. The van der Waals surface area contributed by atoms with E-state index < -0.39 is 0 Å². The molecule has 1 saturated carbocycles. The zero-order chi connectivity index (χ0) is 21.5. The highest BCUT2D eigenvalue weighted by Gasteiger charge is 2.35. The van der Waals surface area contributed by atoms with Crippen LogP contribution in [0.2, 0.25) is 0 Å². The number of benzene rings is 1. The fraction of sp³-hybridized carbons (Fsp3) is 0.759. The van der Waals surface area contributed by atoms with E-state index in [1.54, 1.807) is 0 Å². The van der Waals surface area contributed by atoms with Gasteiger partial charge in [0.1, 0.15) is 0 Å². The van der Waals surface area contributed by atoms with Gasteiger partial charge in [-0.15, -0.1) is 0 Å². The van der Waals surface area contributed by atoms with E-state index >= 15 is 0 Å². The Morgan fingerprint density at radius 2 is 1.30 bits per heavy atom. The number of unbranched alkanes of at least 4 members (excludes halogenated alkanes) is 10. The minimum absolute atomic E-state index is 0.0288. The lowest BCUT2D eigenvalue weighted by Crippen LogP contribution is -2.25. The van der Waals surface area contributed by atoms with E-state index in [0.29, 0.717) is 5.92 Å². The molecule has 1 aromatic carbocycles. The molecule has 0 atom stereocenters. The van der Waals surface area contributed by atoms with Gasteiger partial charge in [-0.25, -0.2) is 0 Å². The lowest BCUT2D eigenvalue weighted by atomic mass is 9.67. The molecule has 0 spiro atoms. The Morgan fingerprint density at radius 1 is 0.767 bits per heavy atom. The SMILES string of the molecule is CCCCCCCCc1ccc(C2CCC(C#N)(CCCCCCCC)CC2)cc1.